The monoisotopic (exact) mass is 456 g/mol. The molecule has 1 N–H and O–H groups in total. The van der Waals surface area contributed by atoms with Gasteiger partial charge in [0.1, 0.15) is 18.1 Å². The molecule has 0 heterocycles. The van der Waals surface area contributed by atoms with E-state index in [1.165, 1.54) is 31.4 Å². The van der Waals surface area contributed by atoms with Crippen LogP contribution in [0, 0.1) is 5.82 Å². The van der Waals surface area contributed by atoms with Crippen molar-refractivity contribution in [1.29, 1.82) is 0 Å². The summed E-state index contributed by atoms with van der Waals surface area (Å²) in [5, 5.41) is 2.77. The first-order valence-electron chi connectivity index (χ1n) is 10.1. The molecule has 168 valence electrons. The van der Waals surface area contributed by atoms with Crippen LogP contribution in [0.2, 0.25) is 0 Å². The number of nitrogens with one attached hydrogen (secondary N) is 1. The summed E-state index contributed by atoms with van der Waals surface area (Å²) in [6, 6.07) is 20.7. The highest BCUT2D eigenvalue weighted by atomic mass is 32.2. The SMILES string of the molecule is COc1cccc(N(CC(=O)NCCCc2ccc(F)cc2)S(=O)(=O)c2ccccc2)c1. The second kappa shape index (κ2) is 10.8. The first-order chi connectivity index (χ1) is 15.4. The molecule has 0 aromatic heterocycles. The van der Waals surface area contributed by atoms with Crippen molar-refractivity contribution < 1.29 is 22.3 Å². The van der Waals surface area contributed by atoms with Gasteiger partial charge < -0.3 is 10.1 Å². The van der Waals surface area contributed by atoms with Crippen molar-refractivity contribution in [3.63, 3.8) is 0 Å². The molecule has 0 saturated carbocycles. The molecule has 1 amide bonds. The summed E-state index contributed by atoms with van der Waals surface area (Å²) in [7, 11) is -2.48. The Kier molecular flexibility index (Phi) is 7.83. The van der Waals surface area contributed by atoms with Crippen LogP contribution >= 0.6 is 0 Å². The maximum atomic E-state index is 13.3. The van der Waals surface area contributed by atoms with E-state index in [0.717, 1.165) is 9.87 Å². The molecule has 0 atom stereocenters. The van der Waals surface area contributed by atoms with Gasteiger partial charge in [-0.3, -0.25) is 9.10 Å². The third-order valence-electron chi connectivity index (χ3n) is 4.84. The van der Waals surface area contributed by atoms with E-state index >= 15 is 0 Å². The molecule has 3 aromatic rings. The second-order valence-corrected chi connectivity index (χ2v) is 8.97. The number of hydrogen-bond donors (Lipinski definition) is 1. The number of carbonyl (C=O) groups excluding carboxylic acids is 1. The molecule has 32 heavy (non-hydrogen) atoms. The molecule has 6 nitrogen and oxygen atoms in total. The number of anilines is 1. The summed E-state index contributed by atoms with van der Waals surface area (Å²) in [5.41, 5.74) is 1.29. The highest BCUT2D eigenvalue weighted by molar-refractivity contribution is 7.92. The van der Waals surface area contributed by atoms with E-state index in [2.05, 4.69) is 5.32 Å². The Balaban J connectivity index is 1.70. The third kappa shape index (κ3) is 6.07. The molecule has 0 bridgehead atoms. The molecule has 3 rings (SSSR count). The molecular formula is C24H25FN2O4S. The van der Waals surface area contributed by atoms with Crippen LogP contribution in [0.25, 0.3) is 0 Å². The van der Waals surface area contributed by atoms with E-state index in [-0.39, 0.29) is 17.3 Å². The minimum absolute atomic E-state index is 0.0897. The van der Waals surface area contributed by atoms with Gasteiger partial charge in [0, 0.05) is 12.6 Å². The number of sulfonamides is 1. The zero-order chi connectivity index (χ0) is 23.0. The Morgan fingerprint density at radius 1 is 1.00 bits per heavy atom. The minimum Gasteiger partial charge on any atom is -0.497 e. The fraction of sp³-hybridized carbons (Fsp3) is 0.208. The van der Waals surface area contributed by atoms with Crippen molar-refractivity contribution in [1.82, 2.24) is 5.32 Å². The highest BCUT2D eigenvalue weighted by Gasteiger charge is 2.27. The average molecular weight is 457 g/mol. The molecule has 0 unspecified atom stereocenters. The molecule has 0 aliphatic heterocycles. The van der Waals surface area contributed by atoms with Gasteiger partial charge in [0.15, 0.2) is 0 Å². The largest absolute Gasteiger partial charge is 0.497 e. The second-order valence-electron chi connectivity index (χ2n) is 7.11. The fourth-order valence-corrected chi connectivity index (χ4v) is 4.59. The quantitative estimate of drug-likeness (QED) is 0.471. The first-order valence-corrected chi connectivity index (χ1v) is 11.6. The summed E-state index contributed by atoms with van der Waals surface area (Å²) in [5.74, 6) is -0.235. The number of benzene rings is 3. The van der Waals surface area contributed by atoms with Crippen molar-refractivity contribution in [3.05, 3.63) is 90.2 Å². The molecule has 0 saturated heterocycles. The lowest BCUT2D eigenvalue weighted by atomic mass is 10.1. The Labute approximate surface area is 187 Å². The molecule has 3 aromatic carbocycles. The van der Waals surface area contributed by atoms with E-state index in [4.69, 9.17) is 4.74 Å². The van der Waals surface area contributed by atoms with Crippen molar-refractivity contribution >= 4 is 21.6 Å². The number of aryl methyl sites for hydroxylation is 1. The van der Waals surface area contributed by atoms with Crippen molar-refractivity contribution in [2.45, 2.75) is 17.7 Å². The predicted molar refractivity (Wildman–Crippen MR) is 122 cm³/mol. The maximum Gasteiger partial charge on any atom is 0.264 e. The van der Waals surface area contributed by atoms with E-state index < -0.39 is 15.9 Å². The van der Waals surface area contributed by atoms with Gasteiger partial charge in [0.2, 0.25) is 5.91 Å². The summed E-state index contributed by atoms with van der Waals surface area (Å²) in [6.07, 6.45) is 1.31. The van der Waals surface area contributed by atoms with Gasteiger partial charge >= 0.3 is 0 Å². The number of carbonyl (C=O) groups is 1. The highest BCUT2D eigenvalue weighted by Crippen LogP contribution is 2.26. The number of ether oxygens (including phenoxy) is 1. The molecular weight excluding hydrogens is 431 g/mol. The fourth-order valence-electron chi connectivity index (χ4n) is 3.16. The third-order valence-corrected chi connectivity index (χ3v) is 6.63. The van der Waals surface area contributed by atoms with Crippen LogP contribution in [0.4, 0.5) is 10.1 Å². The zero-order valence-corrected chi connectivity index (χ0v) is 18.5. The van der Waals surface area contributed by atoms with Gasteiger partial charge in [-0.25, -0.2) is 12.8 Å². The lowest BCUT2D eigenvalue weighted by Gasteiger charge is -2.24. The van der Waals surface area contributed by atoms with E-state index in [1.54, 1.807) is 54.6 Å². The number of nitrogens with zero attached hydrogens (tertiary/aromatic N) is 1. The minimum atomic E-state index is -3.97. The van der Waals surface area contributed by atoms with Gasteiger partial charge in [-0.1, -0.05) is 36.4 Å². The lowest BCUT2D eigenvalue weighted by Crippen LogP contribution is -2.41. The van der Waals surface area contributed by atoms with Crippen LogP contribution in [0.3, 0.4) is 0 Å². The topological polar surface area (TPSA) is 75.7 Å². The van der Waals surface area contributed by atoms with Crippen LogP contribution < -0.4 is 14.4 Å². The normalized spacial score (nSPS) is 11.1. The average Bonchev–Trinajstić information content (AvgIpc) is 2.82. The summed E-state index contributed by atoms with van der Waals surface area (Å²) in [4.78, 5) is 12.7. The van der Waals surface area contributed by atoms with E-state index in [0.29, 0.717) is 30.8 Å². The van der Waals surface area contributed by atoms with Crippen LogP contribution in [0.15, 0.2) is 83.8 Å². The van der Waals surface area contributed by atoms with Gasteiger partial charge in [-0.05, 0) is 54.8 Å². The van der Waals surface area contributed by atoms with Gasteiger partial charge in [0.25, 0.3) is 10.0 Å². The Morgan fingerprint density at radius 3 is 2.41 bits per heavy atom. The van der Waals surface area contributed by atoms with Crippen LogP contribution in [-0.2, 0) is 21.2 Å². The molecule has 0 aliphatic carbocycles. The predicted octanol–water partition coefficient (Wildman–Crippen LogP) is 3.78. The Hall–Kier alpha value is -3.39. The molecule has 8 heteroatoms. The molecule has 0 spiro atoms. The molecule has 0 fully saturated rings. The number of hydrogen-bond acceptors (Lipinski definition) is 4. The lowest BCUT2D eigenvalue weighted by molar-refractivity contribution is -0.119. The van der Waals surface area contributed by atoms with Crippen molar-refractivity contribution in [3.8, 4) is 5.75 Å². The van der Waals surface area contributed by atoms with Gasteiger partial charge in [-0.2, -0.15) is 0 Å². The van der Waals surface area contributed by atoms with Crippen LogP contribution in [0.1, 0.15) is 12.0 Å². The van der Waals surface area contributed by atoms with Gasteiger partial charge in [-0.15, -0.1) is 0 Å². The van der Waals surface area contributed by atoms with Crippen molar-refractivity contribution in [2.75, 3.05) is 24.5 Å². The number of amides is 1. The summed E-state index contributed by atoms with van der Waals surface area (Å²) < 4.78 is 45.8. The molecule has 0 radical (unpaired) electrons. The molecule has 0 aliphatic rings. The summed E-state index contributed by atoms with van der Waals surface area (Å²) in [6.45, 7) is -0.00547. The number of halogens is 1. The van der Waals surface area contributed by atoms with E-state index in [9.17, 15) is 17.6 Å². The van der Waals surface area contributed by atoms with Crippen molar-refractivity contribution in [2.24, 2.45) is 0 Å². The zero-order valence-electron chi connectivity index (χ0n) is 17.7. The standard InChI is InChI=1S/C24H25FN2O4S/c1-31-22-9-5-8-21(17-22)27(32(29,30)23-10-3-2-4-11-23)18-24(28)26-16-6-7-19-12-14-20(25)15-13-19/h2-5,8-15,17H,6-7,16,18H2,1H3,(H,26,28). The van der Waals surface area contributed by atoms with Crippen LogP contribution in [0.5, 0.6) is 5.75 Å². The Bertz CT molecular complexity index is 1140. The number of methoxy groups -OCH3 is 1. The van der Waals surface area contributed by atoms with Crippen LogP contribution in [-0.4, -0.2) is 34.5 Å². The Morgan fingerprint density at radius 2 is 1.72 bits per heavy atom. The smallest absolute Gasteiger partial charge is 0.264 e. The maximum absolute atomic E-state index is 13.3. The van der Waals surface area contributed by atoms with E-state index in [1.807, 2.05) is 0 Å². The van der Waals surface area contributed by atoms with Gasteiger partial charge in [0.05, 0.1) is 17.7 Å². The summed E-state index contributed by atoms with van der Waals surface area (Å²) >= 11 is 0. The number of rotatable bonds is 10. The first kappa shape index (κ1) is 23.3.